The average Bonchev–Trinajstić information content (AvgIpc) is 2.76. The molecule has 10 heteroatoms. The van der Waals surface area contributed by atoms with Gasteiger partial charge >= 0.3 is 0 Å². The minimum atomic E-state index is -3.78. The molecule has 2 N–H and O–H groups in total. The van der Waals surface area contributed by atoms with Crippen LogP contribution in [0.5, 0.6) is 0 Å². The zero-order valence-electron chi connectivity index (χ0n) is 19.4. The standard InChI is InChI=1S/C24H27N3O5S2/c1-5-27(33(4,29)30)22-12-7-19(8-13-22)24(28)25-20-10-14-23(15-11-20)34(31,32)26-21-9-6-17(2)18(3)16-21/h6-16,26H,5H2,1-4H3,(H,25,28). The number of rotatable bonds is 8. The summed E-state index contributed by atoms with van der Waals surface area (Å²) >= 11 is 0. The molecule has 8 nitrogen and oxygen atoms in total. The third-order valence-corrected chi connectivity index (χ3v) is 7.95. The lowest BCUT2D eigenvalue weighted by Gasteiger charge is -2.20. The van der Waals surface area contributed by atoms with Gasteiger partial charge in [0, 0.05) is 23.5 Å². The number of hydrogen-bond acceptors (Lipinski definition) is 5. The van der Waals surface area contributed by atoms with Gasteiger partial charge in [0.1, 0.15) is 0 Å². The first kappa shape index (κ1) is 25.3. The second-order valence-electron chi connectivity index (χ2n) is 7.86. The van der Waals surface area contributed by atoms with Crippen LogP contribution in [0.15, 0.2) is 71.6 Å². The predicted octanol–water partition coefficient (Wildman–Crippen LogP) is 4.14. The molecule has 0 saturated carbocycles. The summed E-state index contributed by atoms with van der Waals surface area (Å²) in [5.41, 5.74) is 3.74. The van der Waals surface area contributed by atoms with E-state index in [0.717, 1.165) is 17.4 Å². The molecule has 0 fully saturated rings. The van der Waals surface area contributed by atoms with Crippen molar-refractivity contribution >= 4 is 43.0 Å². The smallest absolute Gasteiger partial charge is 0.261 e. The maximum Gasteiger partial charge on any atom is 0.261 e. The molecule has 3 aromatic carbocycles. The fourth-order valence-corrected chi connectivity index (χ4v) is 5.35. The van der Waals surface area contributed by atoms with E-state index < -0.39 is 26.0 Å². The Morgan fingerprint density at radius 3 is 1.94 bits per heavy atom. The summed E-state index contributed by atoms with van der Waals surface area (Å²) in [4.78, 5) is 12.6. The second-order valence-corrected chi connectivity index (χ2v) is 11.4. The first-order valence-corrected chi connectivity index (χ1v) is 13.8. The van der Waals surface area contributed by atoms with E-state index in [1.54, 1.807) is 31.2 Å². The fraction of sp³-hybridized carbons (Fsp3) is 0.208. The Hall–Kier alpha value is -3.37. The van der Waals surface area contributed by atoms with E-state index >= 15 is 0 Å². The highest BCUT2D eigenvalue weighted by molar-refractivity contribution is 7.92. The van der Waals surface area contributed by atoms with Crippen LogP contribution in [0.4, 0.5) is 17.1 Å². The van der Waals surface area contributed by atoms with Gasteiger partial charge in [0.15, 0.2) is 0 Å². The van der Waals surface area contributed by atoms with Gasteiger partial charge in [-0.1, -0.05) is 6.07 Å². The lowest BCUT2D eigenvalue weighted by molar-refractivity contribution is 0.102. The molecule has 0 aromatic heterocycles. The monoisotopic (exact) mass is 501 g/mol. The van der Waals surface area contributed by atoms with Crippen LogP contribution in [0.2, 0.25) is 0 Å². The third kappa shape index (κ3) is 5.95. The molecule has 3 rings (SSSR count). The van der Waals surface area contributed by atoms with E-state index in [-0.39, 0.29) is 11.4 Å². The third-order valence-electron chi connectivity index (χ3n) is 5.29. The molecule has 0 aliphatic rings. The van der Waals surface area contributed by atoms with Crippen molar-refractivity contribution in [3.05, 3.63) is 83.4 Å². The zero-order valence-corrected chi connectivity index (χ0v) is 21.0. The molecule has 0 aliphatic heterocycles. The molecular formula is C24H27N3O5S2. The van der Waals surface area contributed by atoms with Crippen molar-refractivity contribution in [3.63, 3.8) is 0 Å². The number of aryl methyl sites for hydroxylation is 2. The fourth-order valence-electron chi connectivity index (χ4n) is 3.33. The van der Waals surface area contributed by atoms with Crippen molar-refractivity contribution in [1.82, 2.24) is 0 Å². The van der Waals surface area contributed by atoms with Gasteiger partial charge < -0.3 is 5.32 Å². The van der Waals surface area contributed by atoms with Crippen molar-refractivity contribution in [2.24, 2.45) is 0 Å². The number of benzene rings is 3. The summed E-state index contributed by atoms with van der Waals surface area (Å²) in [6.07, 6.45) is 1.12. The van der Waals surface area contributed by atoms with Crippen LogP contribution in [0.1, 0.15) is 28.4 Å². The number of nitrogens with zero attached hydrogens (tertiary/aromatic N) is 1. The minimum absolute atomic E-state index is 0.0634. The minimum Gasteiger partial charge on any atom is -0.322 e. The van der Waals surface area contributed by atoms with Gasteiger partial charge in [0.05, 0.1) is 16.8 Å². The Balaban J connectivity index is 1.70. The molecule has 3 aromatic rings. The summed E-state index contributed by atoms with van der Waals surface area (Å²) in [6, 6.07) is 17.3. The maximum absolute atomic E-state index is 12.7. The summed E-state index contributed by atoms with van der Waals surface area (Å²) in [6.45, 7) is 5.86. The second kappa shape index (κ2) is 9.86. The SMILES string of the molecule is CCN(c1ccc(C(=O)Nc2ccc(S(=O)(=O)Nc3ccc(C)c(C)c3)cc2)cc1)S(C)(=O)=O. The molecule has 180 valence electrons. The van der Waals surface area contributed by atoms with Crippen LogP contribution < -0.4 is 14.3 Å². The number of carbonyl (C=O) groups excluding carboxylic acids is 1. The topological polar surface area (TPSA) is 113 Å². The predicted molar refractivity (Wildman–Crippen MR) is 135 cm³/mol. The van der Waals surface area contributed by atoms with Gasteiger partial charge in [-0.2, -0.15) is 0 Å². The summed E-state index contributed by atoms with van der Waals surface area (Å²) in [5, 5.41) is 2.71. The van der Waals surface area contributed by atoms with Crippen molar-refractivity contribution in [1.29, 1.82) is 0 Å². The van der Waals surface area contributed by atoms with Gasteiger partial charge in [-0.05, 0) is 92.6 Å². The molecule has 0 aliphatic carbocycles. The number of carbonyl (C=O) groups is 1. The van der Waals surface area contributed by atoms with Gasteiger partial charge in [0.2, 0.25) is 10.0 Å². The van der Waals surface area contributed by atoms with Crippen molar-refractivity contribution in [2.45, 2.75) is 25.7 Å². The molecular weight excluding hydrogens is 474 g/mol. The normalized spacial score (nSPS) is 11.6. The van der Waals surface area contributed by atoms with Gasteiger partial charge in [0.25, 0.3) is 15.9 Å². The lowest BCUT2D eigenvalue weighted by Crippen LogP contribution is -2.29. The Bertz CT molecular complexity index is 1400. The molecule has 0 bridgehead atoms. The highest BCUT2D eigenvalue weighted by Crippen LogP contribution is 2.22. The Morgan fingerprint density at radius 1 is 0.824 bits per heavy atom. The Labute approximate surface area is 200 Å². The molecule has 0 spiro atoms. The van der Waals surface area contributed by atoms with E-state index in [0.29, 0.717) is 22.6 Å². The highest BCUT2D eigenvalue weighted by Gasteiger charge is 2.17. The number of amides is 1. The van der Waals surface area contributed by atoms with Crippen molar-refractivity contribution in [2.75, 3.05) is 27.1 Å². The molecule has 0 heterocycles. The molecule has 34 heavy (non-hydrogen) atoms. The first-order chi connectivity index (χ1) is 15.9. The van der Waals surface area contributed by atoms with E-state index in [1.165, 1.54) is 40.7 Å². The van der Waals surface area contributed by atoms with Gasteiger partial charge in [-0.3, -0.25) is 13.8 Å². The molecule has 0 atom stereocenters. The number of nitrogens with one attached hydrogen (secondary N) is 2. The van der Waals surface area contributed by atoms with Crippen LogP contribution in [0, 0.1) is 13.8 Å². The quantitative estimate of drug-likeness (QED) is 0.482. The number of anilines is 3. The van der Waals surface area contributed by atoms with Gasteiger partial charge in [-0.25, -0.2) is 16.8 Å². The van der Waals surface area contributed by atoms with Crippen LogP contribution in [0.25, 0.3) is 0 Å². The molecule has 0 unspecified atom stereocenters. The van der Waals surface area contributed by atoms with E-state index in [9.17, 15) is 21.6 Å². The van der Waals surface area contributed by atoms with E-state index in [2.05, 4.69) is 10.0 Å². The van der Waals surface area contributed by atoms with Gasteiger partial charge in [-0.15, -0.1) is 0 Å². The number of hydrogen-bond donors (Lipinski definition) is 2. The van der Waals surface area contributed by atoms with E-state index in [1.807, 2.05) is 19.9 Å². The molecule has 0 radical (unpaired) electrons. The van der Waals surface area contributed by atoms with Crippen LogP contribution in [-0.4, -0.2) is 35.5 Å². The highest BCUT2D eigenvalue weighted by atomic mass is 32.2. The summed E-state index contributed by atoms with van der Waals surface area (Å²) < 4.78 is 52.9. The average molecular weight is 502 g/mol. The number of sulfonamides is 2. The lowest BCUT2D eigenvalue weighted by atomic mass is 10.1. The Morgan fingerprint density at radius 2 is 1.41 bits per heavy atom. The Kier molecular flexibility index (Phi) is 7.32. The molecule has 0 saturated heterocycles. The van der Waals surface area contributed by atoms with E-state index in [4.69, 9.17) is 0 Å². The summed E-state index contributed by atoms with van der Waals surface area (Å²) in [5.74, 6) is -0.405. The zero-order chi connectivity index (χ0) is 25.1. The van der Waals surface area contributed by atoms with Crippen molar-refractivity contribution in [3.8, 4) is 0 Å². The summed E-state index contributed by atoms with van der Waals surface area (Å²) in [7, 11) is -7.20. The maximum atomic E-state index is 12.7. The largest absolute Gasteiger partial charge is 0.322 e. The van der Waals surface area contributed by atoms with Crippen LogP contribution in [-0.2, 0) is 20.0 Å². The molecule has 1 amide bonds. The van der Waals surface area contributed by atoms with Crippen LogP contribution in [0.3, 0.4) is 0 Å². The van der Waals surface area contributed by atoms with Crippen molar-refractivity contribution < 1.29 is 21.6 Å². The van der Waals surface area contributed by atoms with Crippen LogP contribution >= 0.6 is 0 Å². The first-order valence-electron chi connectivity index (χ1n) is 10.5.